The lowest BCUT2D eigenvalue weighted by Gasteiger charge is -2.36. The zero-order valence-corrected chi connectivity index (χ0v) is 13.1. The van der Waals surface area contributed by atoms with Crippen molar-refractivity contribution in [2.45, 2.75) is 13.8 Å². The van der Waals surface area contributed by atoms with Crippen LogP contribution in [0.2, 0.25) is 5.15 Å². The van der Waals surface area contributed by atoms with E-state index in [-0.39, 0.29) is 0 Å². The maximum absolute atomic E-state index is 6.00. The van der Waals surface area contributed by atoms with Crippen LogP contribution in [-0.4, -0.2) is 47.6 Å². The molecule has 1 aliphatic heterocycles. The molecule has 1 fully saturated rings. The van der Waals surface area contributed by atoms with Crippen LogP contribution in [0.25, 0.3) is 0 Å². The summed E-state index contributed by atoms with van der Waals surface area (Å²) < 4.78 is 0.795. The van der Waals surface area contributed by atoms with Crippen molar-refractivity contribution in [3.63, 3.8) is 0 Å². The van der Waals surface area contributed by atoms with E-state index in [9.17, 15) is 0 Å². The summed E-state index contributed by atoms with van der Waals surface area (Å²) in [7, 11) is 0. The number of halogens is 2. The summed E-state index contributed by atoms with van der Waals surface area (Å²) in [5.74, 6) is 1.62. The van der Waals surface area contributed by atoms with Crippen molar-refractivity contribution in [1.29, 1.82) is 0 Å². The first-order chi connectivity index (χ1) is 8.58. The van der Waals surface area contributed by atoms with E-state index < -0.39 is 0 Å². The number of piperazine rings is 1. The minimum absolute atomic E-state index is 0.476. The van der Waals surface area contributed by atoms with Gasteiger partial charge in [-0.1, -0.05) is 25.4 Å². The van der Waals surface area contributed by atoms with Gasteiger partial charge in [-0.05, 0) is 21.8 Å². The Kier molecular flexibility index (Phi) is 4.81. The van der Waals surface area contributed by atoms with Gasteiger partial charge in [0.2, 0.25) is 0 Å². The quantitative estimate of drug-likeness (QED) is 0.796. The first-order valence-electron chi connectivity index (χ1n) is 6.21. The molecule has 100 valence electrons. The summed E-state index contributed by atoms with van der Waals surface area (Å²) in [6.07, 6.45) is 1.52. The second kappa shape index (κ2) is 6.17. The molecule has 18 heavy (non-hydrogen) atoms. The number of nitrogens with zero attached hydrogens (tertiary/aromatic N) is 4. The van der Waals surface area contributed by atoms with E-state index in [4.69, 9.17) is 11.6 Å². The number of hydrogen-bond donors (Lipinski definition) is 0. The topological polar surface area (TPSA) is 32.3 Å². The summed E-state index contributed by atoms with van der Waals surface area (Å²) in [5, 5.41) is 0.476. The van der Waals surface area contributed by atoms with Crippen LogP contribution in [0.4, 0.5) is 5.82 Å². The van der Waals surface area contributed by atoms with Gasteiger partial charge >= 0.3 is 0 Å². The Morgan fingerprint density at radius 2 is 1.94 bits per heavy atom. The fourth-order valence-corrected chi connectivity index (χ4v) is 2.80. The van der Waals surface area contributed by atoms with Gasteiger partial charge in [0, 0.05) is 32.7 Å². The molecular formula is C12H18BrClN4. The molecule has 0 amide bonds. The highest BCUT2D eigenvalue weighted by molar-refractivity contribution is 9.10. The zero-order valence-electron chi connectivity index (χ0n) is 10.7. The first-order valence-corrected chi connectivity index (χ1v) is 7.38. The lowest BCUT2D eigenvalue weighted by Crippen LogP contribution is -2.47. The van der Waals surface area contributed by atoms with Gasteiger partial charge in [-0.3, -0.25) is 4.90 Å². The van der Waals surface area contributed by atoms with Crippen molar-refractivity contribution in [3.05, 3.63) is 16.0 Å². The minimum atomic E-state index is 0.476. The van der Waals surface area contributed by atoms with Crippen molar-refractivity contribution in [2.24, 2.45) is 5.92 Å². The van der Waals surface area contributed by atoms with Crippen LogP contribution in [0.15, 0.2) is 10.8 Å². The highest BCUT2D eigenvalue weighted by Gasteiger charge is 2.21. The predicted octanol–water partition coefficient (Wildman–Crippen LogP) is 2.67. The SMILES string of the molecule is CC(C)CN1CCN(c2ncnc(Cl)c2Br)CC1. The molecule has 0 radical (unpaired) electrons. The van der Waals surface area contributed by atoms with Crippen molar-refractivity contribution in [2.75, 3.05) is 37.6 Å². The van der Waals surface area contributed by atoms with E-state index in [1.165, 1.54) is 12.9 Å². The van der Waals surface area contributed by atoms with Gasteiger partial charge in [0.25, 0.3) is 0 Å². The third-order valence-electron chi connectivity index (χ3n) is 3.02. The van der Waals surface area contributed by atoms with Crippen molar-refractivity contribution in [1.82, 2.24) is 14.9 Å². The summed E-state index contributed by atoms with van der Waals surface area (Å²) in [6, 6.07) is 0. The molecule has 0 unspecified atom stereocenters. The molecule has 2 heterocycles. The molecule has 0 aromatic carbocycles. The highest BCUT2D eigenvalue weighted by atomic mass is 79.9. The maximum Gasteiger partial charge on any atom is 0.148 e. The summed E-state index contributed by atoms with van der Waals surface area (Å²) in [4.78, 5) is 13.0. The fourth-order valence-electron chi connectivity index (χ4n) is 2.22. The zero-order chi connectivity index (χ0) is 13.1. The van der Waals surface area contributed by atoms with Crippen LogP contribution < -0.4 is 4.90 Å². The molecule has 0 spiro atoms. The van der Waals surface area contributed by atoms with E-state index in [2.05, 4.69) is 49.5 Å². The fraction of sp³-hybridized carbons (Fsp3) is 0.667. The molecule has 0 bridgehead atoms. The van der Waals surface area contributed by atoms with Crippen LogP contribution in [0, 0.1) is 5.92 Å². The van der Waals surface area contributed by atoms with Crippen LogP contribution >= 0.6 is 27.5 Å². The van der Waals surface area contributed by atoms with Gasteiger partial charge in [0.15, 0.2) is 0 Å². The second-order valence-corrected chi connectivity index (χ2v) is 6.13. The Bertz CT molecular complexity index is 405. The van der Waals surface area contributed by atoms with Crippen LogP contribution in [-0.2, 0) is 0 Å². The van der Waals surface area contributed by atoms with E-state index in [0.29, 0.717) is 5.15 Å². The van der Waals surface area contributed by atoms with E-state index >= 15 is 0 Å². The molecule has 0 N–H and O–H groups in total. The van der Waals surface area contributed by atoms with Crippen molar-refractivity contribution in [3.8, 4) is 0 Å². The molecule has 1 aliphatic rings. The smallest absolute Gasteiger partial charge is 0.148 e. The maximum atomic E-state index is 6.00. The molecule has 0 atom stereocenters. The molecule has 1 aromatic heterocycles. The van der Waals surface area contributed by atoms with Crippen LogP contribution in [0.1, 0.15) is 13.8 Å². The first kappa shape index (κ1) is 14.0. The standard InChI is InChI=1S/C12H18BrClN4/c1-9(2)7-17-3-5-18(6-4-17)12-10(13)11(14)15-8-16-12/h8-9H,3-7H2,1-2H3. The Balaban J connectivity index is 1.99. The molecular weight excluding hydrogens is 316 g/mol. The Labute approximate surface area is 121 Å². The van der Waals surface area contributed by atoms with E-state index in [1.807, 2.05) is 0 Å². The monoisotopic (exact) mass is 332 g/mol. The van der Waals surface area contributed by atoms with Crippen molar-refractivity contribution < 1.29 is 0 Å². The van der Waals surface area contributed by atoms with Crippen molar-refractivity contribution >= 4 is 33.3 Å². The minimum Gasteiger partial charge on any atom is -0.353 e. The summed E-state index contributed by atoms with van der Waals surface area (Å²) >= 11 is 9.45. The lowest BCUT2D eigenvalue weighted by molar-refractivity contribution is 0.231. The van der Waals surface area contributed by atoms with Crippen LogP contribution in [0.5, 0.6) is 0 Å². The largest absolute Gasteiger partial charge is 0.353 e. The predicted molar refractivity (Wildman–Crippen MR) is 78.2 cm³/mol. The average Bonchev–Trinajstić information content (AvgIpc) is 2.33. The molecule has 4 nitrogen and oxygen atoms in total. The third kappa shape index (κ3) is 3.33. The lowest BCUT2D eigenvalue weighted by atomic mass is 10.2. The molecule has 1 aromatic rings. The normalized spacial score (nSPS) is 17.5. The number of aromatic nitrogens is 2. The average molecular weight is 334 g/mol. The number of anilines is 1. The second-order valence-electron chi connectivity index (χ2n) is 4.98. The van der Waals surface area contributed by atoms with Gasteiger partial charge < -0.3 is 4.90 Å². The van der Waals surface area contributed by atoms with Gasteiger partial charge in [0.1, 0.15) is 17.3 Å². The molecule has 2 rings (SSSR count). The number of rotatable bonds is 3. The third-order valence-corrected chi connectivity index (χ3v) is 4.27. The Hall–Kier alpha value is -0.390. The van der Waals surface area contributed by atoms with E-state index in [0.717, 1.165) is 42.4 Å². The van der Waals surface area contributed by atoms with Gasteiger partial charge in [-0.25, -0.2) is 9.97 Å². The Morgan fingerprint density at radius 1 is 1.28 bits per heavy atom. The molecule has 1 saturated heterocycles. The van der Waals surface area contributed by atoms with Gasteiger partial charge in [0.05, 0.1) is 4.47 Å². The Morgan fingerprint density at radius 3 is 2.56 bits per heavy atom. The molecule has 0 aliphatic carbocycles. The summed E-state index contributed by atoms with van der Waals surface area (Å²) in [5.41, 5.74) is 0. The van der Waals surface area contributed by atoms with Crippen LogP contribution in [0.3, 0.4) is 0 Å². The highest BCUT2D eigenvalue weighted by Crippen LogP contribution is 2.29. The number of hydrogen-bond acceptors (Lipinski definition) is 4. The summed E-state index contributed by atoms with van der Waals surface area (Å²) in [6.45, 7) is 9.80. The van der Waals surface area contributed by atoms with E-state index in [1.54, 1.807) is 0 Å². The van der Waals surface area contributed by atoms with Gasteiger partial charge in [-0.2, -0.15) is 0 Å². The molecule has 0 saturated carbocycles. The molecule has 6 heteroatoms. The van der Waals surface area contributed by atoms with Gasteiger partial charge in [-0.15, -0.1) is 0 Å².